The lowest BCUT2D eigenvalue weighted by atomic mass is 10.1. The van der Waals surface area contributed by atoms with E-state index in [1.165, 1.54) is 16.7 Å². The molecule has 31 heavy (non-hydrogen) atoms. The maximum absolute atomic E-state index is 13.3. The van der Waals surface area contributed by atoms with Crippen molar-refractivity contribution in [2.75, 3.05) is 0 Å². The third-order valence-corrected chi connectivity index (χ3v) is 6.48. The molecule has 3 amide bonds. The van der Waals surface area contributed by atoms with Gasteiger partial charge in [-0.3, -0.25) is 9.69 Å². The van der Waals surface area contributed by atoms with Gasteiger partial charge in [0.05, 0.1) is 12.6 Å². The maximum Gasteiger partial charge on any atom is 0.328 e. The van der Waals surface area contributed by atoms with Gasteiger partial charge >= 0.3 is 6.03 Å². The van der Waals surface area contributed by atoms with Crippen LogP contribution in [0.1, 0.15) is 17.0 Å². The van der Waals surface area contributed by atoms with Crippen molar-refractivity contribution in [2.24, 2.45) is 0 Å². The number of fused-ring (bicyclic) bond motifs is 1. The first kappa shape index (κ1) is 19.6. The number of carbonyl (C=O) groups excluding carboxylic acids is 2. The summed E-state index contributed by atoms with van der Waals surface area (Å²) in [5.74, 6) is 0.646. The molecule has 0 saturated carbocycles. The van der Waals surface area contributed by atoms with Gasteiger partial charge < -0.3 is 9.42 Å². The molecule has 156 valence electrons. The van der Waals surface area contributed by atoms with E-state index in [9.17, 15) is 9.59 Å². The fourth-order valence-corrected chi connectivity index (χ4v) is 4.91. The lowest BCUT2D eigenvalue weighted by molar-refractivity contribution is -0.132. The number of amides is 3. The first-order chi connectivity index (χ1) is 15.1. The van der Waals surface area contributed by atoms with Gasteiger partial charge in [-0.2, -0.15) is 4.98 Å². The smallest absolute Gasteiger partial charge is 0.328 e. The third kappa shape index (κ3) is 3.74. The molecule has 3 heterocycles. The van der Waals surface area contributed by atoms with Gasteiger partial charge in [0.15, 0.2) is 0 Å². The number of aromatic nitrogens is 2. The topological polar surface area (TPSA) is 79.5 Å². The average Bonchev–Trinajstić information content (AvgIpc) is 3.45. The molecule has 0 radical (unpaired) electrons. The van der Waals surface area contributed by atoms with E-state index in [0.717, 1.165) is 16.7 Å². The Balaban J connectivity index is 1.40. The number of rotatable bonds is 5. The molecule has 7 nitrogen and oxygen atoms in total. The second-order valence-electron chi connectivity index (χ2n) is 7.58. The van der Waals surface area contributed by atoms with Crippen molar-refractivity contribution >= 4 is 23.7 Å². The van der Waals surface area contributed by atoms with E-state index >= 15 is 0 Å². The van der Waals surface area contributed by atoms with Gasteiger partial charge in [0.1, 0.15) is 11.8 Å². The van der Waals surface area contributed by atoms with E-state index in [2.05, 4.69) is 10.1 Å². The Morgan fingerprint density at radius 2 is 1.90 bits per heavy atom. The minimum Gasteiger partial charge on any atom is -0.337 e. The Labute approximate surface area is 183 Å². The van der Waals surface area contributed by atoms with E-state index in [4.69, 9.17) is 4.52 Å². The zero-order chi connectivity index (χ0) is 21.4. The molecule has 5 rings (SSSR count). The quantitative estimate of drug-likeness (QED) is 0.606. The van der Waals surface area contributed by atoms with Crippen LogP contribution in [0.5, 0.6) is 0 Å². The minimum absolute atomic E-state index is 0.141. The lowest BCUT2D eigenvalue weighted by Gasteiger charge is -2.40. The summed E-state index contributed by atoms with van der Waals surface area (Å²) in [5, 5.41) is 5.60. The Morgan fingerprint density at radius 3 is 2.71 bits per heavy atom. The molecule has 1 saturated heterocycles. The summed E-state index contributed by atoms with van der Waals surface area (Å²) in [6.07, 6.45) is 1.89. The van der Waals surface area contributed by atoms with Crippen LogP contribution in [-0.4, -0.2) is 43.2 Å². The molecule has 0 N–H and O–H groups in total. The number of hydrogen-bond acceptors (Lipinski definition) is 6. The van der Waals surface area contributed by atoms with Gasteiger partial charge in [-0.15, -0.1) is 11.8 Å². The van der Waals surface area contributed by atoms with Gasteiger partial charge in [0.25, 0.3) is 0 Å². The van der Waals surface area contributed by atoms with E-state index in [0.29, 0.717) is 11.7 Å². The van der Waals surface area contributed by atoms with Crippen LogP contribution in [0.2, 0.25) is 0 Å². The number of benzene rings is 2. The highest BCUT2D eigenvalue weighted by molar-refractivity contribution is 8.03. The highest BCUT2D eigenvalue weighted by atomic mass is 32.2. The summed E-state index contributed by atoms with van der Waals surface area (Å²) in [4.78, 5) is 33.8. The average molecular weight is 433 g/mol. The summed E-state index contributed by atoms with van der Waals surface area (Å²) >= 11 is 1.44. The molecule has 2 aliphatic heterocycles. The van der Waals surface area contributed by atoms with Crippen LogP contribution in [-0.2, 0) is 17.9 Å². The molecule has 0 bridgehead atoms. The van der Waals surface area contributed by atoms with Crippen LogP contribution in [0, 0.1) is 6.92 Å². The summed E-state index contributed by atoms with van der Waals surface area (Å²) in [6.45, 7) is 2.37. The minimum atomic E-state index is -0.361. The zero-order valence-electron chi connectivity index (χ0n) is 16.8. The van der Waals surface area contributed by atoms with Gasteiger partial charge in [-0.25, -0.2) is 4.79 Å². The normalized spacial score (nSPS) is 20.4. The number of aryl methyl sites for hydroxylation is 1. The second-order valence-corrected chi connectivity index (χ2v) is 8.63. The Hall–Kier alpha value is -3.39. The van der Waals surface area contributed by atoms with E-state index in [-0.39, 0.29) is 36.3 Å². The fraction of sp³-hybridized carbons (Fsp3) is 0.217. The van der Waals surface area contributed by atoms with Crippen molar-refractivity contribution < 1.29 is 14.1 Å². The van der Waals surface area contributed by atoms with E-state index in [1.807, 2.05) is 73.0 Å². The molecule has 0 aliphatic carbocycles. The maximum atomic E-state index is 13.3. The van der Waals surface area contributed by atoms with Crippen LogP contribution < -0.4 is 0 Å². The molecular weight excluding hydrogens is 412 g/mol. The molecule has 1 aromatic heterocycles. The molecule has 2 atom stereocenters. The van der Waals surface area contributed by atoms with Crippen molar-refractivity contribution in [3.8, 4) is 11.4 Å². The number of carbonyl (C=O) groups is 2. The fourth-order valence-electron chi connectivity index (χ4n) is 3.84. The van der Waals surface area contributed by atoms with Crippen LogP contribution >= 0.6 is 11.8 Å². The Kier molecular flexibility index (Phi) is 5.07. The van der Waals surface area contributed by atoms with Crippen LogP contribution in [0.4, 0.5) is 4.79 Å². The number of thioether (sulfide) groups is 1. The first-order valence-corrected chi connectivity index (χ1v) is 10.9. The molecule has 2 aromatic carbocycles. The van der Waals surface area contributed by atoms with Crippen LogP contribution in [0.25, 0.3) is 11.4 Å². The van der Waals surface area contributed by atoms with E-state index < -0.39 is 0 Å². The second kappa shape index (κ2) is 8.03. The van der Waals surface area contributed by atoms with Crippen LogP contribution in [0.3, 0.4) is 0 Å². The molecule has 1 fully saturated rings. The van der Waals surface area contributed by atoms with Gasteiger partial charge in [0.2, 0.25) is 17.6 Å². The summed E-state index contributed by atoms with van der Waals surface area (Å²) in [6, 6.07) is 16.7. The Morgan fingerprint density at radius 1 is 1.06 bits per heavy atom. The van der Waals surface area contributed by atoms with Gasteiger partial charge in [0, 0.05) is 5.56 Å². The predicted octanol–water partition coefficient (Wildman–Crippen LogP) is 4.01. The van der Waals surface area contributed by atoms with Gasteiger partial charge in [-0.05, 0) is 24.0 Å². The molecular formula is C23H20N4O3S. The molecule has 2 aliphatic rings. The monoisotopic (exact) mass is 432 g/mol. The highest BCUT2D eigenvalue weighted by Gasteiger charge is 2.47. The van der Waals surface area contributed by atoms with E-state index in [1.54, 1.807) is 4.90 Å². The molecule has 3 aromatic rings. The van der Waals surface area contributed by atoms with Crippen molar-refractivity contribution in [1.29, 1.82) is 0 Å². The number of imide groups is 1. The first-order valence-electron chi connectivity index (χ1n) is 9.98. The zero-order valence-corrected chi connectivity index (χ0v) is 17.7. The summed E-state index contributed by atoms with van der Waals surface area (Å²) < 4.78 is 5.45. The standard InChI is InChI=1S/C23H20N4O3S/c1-15-6-5-9-17(12-15)21-24-19(30-25-21)14-26-18-10-11-31-20(18)22(28)27(23(26)29)13-16-7-3-2-4-8-16/h2-12,18,20H,13-14H2,1H3. The highest BCUT2D eigenvalue weighted by Crippen LogP contribution is 2.35. The van der Waals surface area contributed by atoms with Crippen LogP contribution in [0.15, 0.2) is 70.6 Å². The SMILES string of the molecule is Cc1cccc(-c2noc(CN3C(=O)N(Cc4ccccc4)C(=O)C4SC=CC43)n2)c1. The Bertz CT molecular complexity index is 1160. The number of hydrogen-bond donors (Lipinski definition) is 0. The summed E-state index contributed by atoms with van der Waals surface area (Å²) in [7, 11) is 0. The van der Waals surface area contributed by atoms with Crippen molar-refractivity contribution in [3.05, 3.63) is 83.1 Å². The number of nitrogens with zero attached hydrogens (tertiary/aromatic N) is 4. The third-order valence-electron chi connectivity index (χ3n) is 5.39. The van der Waals surface area contributed by atoms with Gasteiger partial charge in [-0.1, -0.05) is 65.3 Å². The molecule has 2 unspecified atom stereocenters. The molecule has 8 heteroatoms. The van der Waals surface area contributed by atoms with Crippen molar-refractivity contribution in [2.45, 2.75) is 31.3 Å². The largest absolute Gasteiger partial charge is 0.337 e. The molecule has 0 spiro atoms. The predicted molar refractivity (Wildman–Crippen MR) is 117 cm³/mol. The lowest BCUT2D eigenvalue weighted by Crippen LogP contribution is -2.61. The van der Waals surface area contributed by atoms with Crippen molar-refractivity contribution in [1.82, 2.24) is 19.9 Å². The van der Waals surface area contributed by atoms with Crippen molar-refractivity contribution in [3.63, 3.8) is 0 Å². The summed E-state index contributed by atoms with van der Waals surface area (Å²) in [5.41, 5.74) is 2.86. The number of urea groups is 1.